The molecular weight excluding hydrogens is 380 g/mol. The van der Waals surface area contributed by atoms with E-state index < -0.39 is 11.9 Å². The number of hydrogen-bond acceptors (Lipinski definition) is 8. The Morgan fingerprint density at radius 2 is 1.62 bits per heavy atom. The molecule has 29 heavy (non-hydrogen) atoms. The molecule has 2 aromatic heterocycles. The quantitative estimate of drug-likeness (QED) is 0.395. The molecule has 0 atom stereocenters. The van der Waals surface area contributed by atoms with Gasteiger partial charge in [0.1, 0.15) is 11.6 Å². The van der Waals surface area contributed by atoms with Crippen molar-refractivity contribution >= 4 is 23.6 Å². The average Bonchev–Trinajstić information content (AvgIpc) is 2.66. The van der Waals surface area contributed by atoms with Crippen molar-refractivity contribution in [2.45, 2.75) is 20.3 Å². The summed E-state index contributed by atoms with van der Waals surface area (Å²) in [7, 11) is 0. The maximum Gasteiger partial charge on any atom is 0.336 e. The lowest BCUT2D eigenvalue weighted by molar-refractivity contribution is -0.145. The van der Waals surface area contributed by atoms with Crippen LogP contribution in [0.2, 0.25) is 0 Å². The van der Waals surface area contributed by atoms with Crippen LogP contribution in [0.1, 0.15) is 20.3 Å². The number of H-pyrrole nitrogens is 2. The number of aromatic amines is 2. The number of nitrogens with two attached hydrogens (primary N) is 1. The summed E-state index contributed by atoms with van der Waals surface area (Å²) in [6, 6.07) is 9.18. The molecule has 10 nitrogen and oxygen atoms in total. The molecule has 0 spiro atoms. The fourth-order valence-corrected chi connectivity index (χ4v) is 1.94. The number of hydrogen-bond donors (Lipinski definition) is 4. The topological polar surface area (TPSA) is 156 Å². The van der Waals surface area contributed by atoms with E-state index in [4.69, 9.17) is 15.2 Å². The Hall–Kier alpha value is -3.82. The zero-order chi connectivity index (χ0) is 21.6. The number of esters is 2. The first kappa shape index (κ1) is 23.2. The monoisotopic (exact) mass is 404 g/mol. The molecule has 0 amide bonds. The van der Waals surface area contributed by atoms with Crippen LogP contribution in [-0.4, -0.2) is 35.1 Å². The Bertz CT molecular complexity index is 948. The van der Waals surface area contributed by atoms with E-state index in [1.807, 2.05) is 0 Å². The van der Waals surface area contributed by atoms with Gasteiger partial charge in [0.15, 0.2) is 0 Å². The van der Waals surface area contributed by atoms with Gasteiger partial charge in [-0.3, -0.25) is 14.4 Å². The van der Waals surface area contributed by atoms with Gasteiger partial charge in [-0.25, -0.2) is 4.79 Å². The fraction of sp³-hybridized carbons (Fsp3) is 0.263. The molecule has 0 aliphatic heterocycles. The third kappa shape index (κ3) is 9.61. The van der Waals surface area contributed by atoms with Crippen molar-refractivity contribution in [1.29, 1.82) is 0 Å². The number of aromatic nitrogens is 2. The Morgan fingerprint density at radius 3 is 2.14 bits per heavy atom. The molecular formula is C19H24N4O6. The molecule has 0 radical (unpaired) electrons. The Labute approximate surface area is 166 Å². The lowest BCUT2D eigenvalue weighted by Crippen LogP contribution is -2.15. The van der Waals surface area contributed by atoms with Crippen LogP contribution in [0.25, 0.3) is 0 Å². The number of nitrogens with one attached hydrogen (secondary N) is 3. The molecule has 2 rings (SSSR count). The molecule has 0 saturated carbocycles. The van der Waals surface area contributed by atoms with Crippen molar-refractivity contribution in [2.24, 2.45) is 0 Å². The molecule has 2 heterocycles. The first-order valence-electron chi connectivity index (χ1n) is 8.78. The molecule has 0 saturated heterocycles. The highest BCUT2D eigenvalue weighted by Crippen LogP contribution is 2.08. The Kier molecular flexibility index (Phi) is 10.0. The van der Waals surface area contributed by atoms with Crippen molar-refractivity contribution in [3.05, 3.63) is 68.9 Å². The largest absolute Gasteiger partial charge is 0.466 e. The Balaban J connectivity index is 0.000000436. The lowest BCUT2D eigenvalue weighted by Gasteiger charge is -2.08. The van der Waals surface area contributed by atoms with E-state index in [9.17, 15) is 19.2 Å². The molecule has 0 aliphatic rings. The first-order chi connectivity index (χ1) is 13.8. The summed E-state index contributed by atoms with van der Waals surface area (Å²) < 4.78 is 9.67. The van der Waals surface area contributed by atoms with Gasteiger partial charge in [0, 0.05) is 18.3 Å². The van der Waals surface area contributed by atoms with Gasteiger partial charge in [0.25, 0.3) is 0 Å². The van der Waals surface area contributed by atoms with Gasteiger partial charge in [0.2, 0.25) is 11.1 Å². The van der Waals surface area contributed by atoms with Gasteiger partial charge < -0.3 is 30.5 Å². The summed E-state index contributed by atoms with van der Waals surface area (Å²) in [5.41, 5.74) is 4.87. The van der Waals surface area contributed by atoms with Gasteiger partial charge in [-0.05, 0) is 26.0 Å². The normalized spacial score (nSPS) is 10.3. The third-order valence-electron chi connectivity index (χ3n) is 3.14. The van der Waals surface area contributed by atoms with Crippen LogP contribution >= 0.6 is 0 Å². The maximum absolute atomic E-state index is 11.8. The van der Waals surface area contributed by atoms with Crippen molar-refractivity contribution < 1.29 is 19.1 Å². The van der Waals surface area contributed by atoms with Crippen molar-refractivity contribution in [2.75, 3.05) is 24.3 Å². The molecule has 0 fully saturated rings. The first-order valence-corrected chi connectivity index (χ1v) is 8.78. The predicted molar refractivity (Wildman–Crippen MR) is 108 cm³/mol. The molecule has 156 valence electrons. The second-order valence-corrected chi connectivity index (χ2v) is 5.42. The van der Waals surface area contributed by atoms with Crippen LogP contribution in [0, 0.1) is 0 Å². The van der Waals surface area contributed by atoms with Crippen LogP contribution in [0.4, 0.5) is 11.6 Å². The van der Waals surface area contributed by atoms with Crippen LogP contribution in [-0.2, 0) is 19.1 Å². The molecule has 0 bridgehead atoms. The van der Waals surface area contributed by atoms with Crippen LogP contribution in [0.15, 0.2) is 57.8 Å². The van der Waals surface area contributed by atoms with Crippen LogP contribution in [0.5, 0.6) is 0 Å². The van der Waals surface area contributed by atoms with E-state index in [1.165, 1.54) is 18.3 Å². The number of ether oxygens (including phenoxy) is 2. The standard InChI is InChI=1S/C14H18N2O5.C5H6N2O/c1-3-20-13(18)8-10(14(19)21-4-2)9-15-11-6-5-7-12(17)16-11;6-4-2-1-3-5(8)7-4/h5-7,9H,3-4,8H2,1-2H3,(H2,15,16,17);1-3H,(H3,6,7,8)/b10-9-;. The molecule has 0 aliphatic carbocycles. The zero-order valence-corrected chi connectivity index (χ0v) is 16.2. The second-order valence-electron chi connectivity index (χ2n) is 5.42. The zero-order valence-electron chi connectivity index (χ0n) is 16.2. The number of pyridine rings is 2. The van der Waals surface area contributed by atoms with Crippen molar-refractivity contribution in [1.82, 2.24) is 9.97 Å². The SMILES string of the molecule is CCOC(=O)C/C(=C/Nc1cccc(=O)[nH]1)C(=O)OCC.Nc1cccc(=O)[nH]1. The lowest BCUT2D eigenvalue weighted by atomic mass is 10.2. The number of rotatable bonds is 7. The van der Waals surface area contributed by atoms with E-state index in [0.717, 1.165) is 0 Å². The smallest absolute Gasteiger partial charge is 0.336 e. The van der Waals surface area contributed by atoms with Crippen LogP contribution in [0.3, 0.4) is 0 Å². The summed E-state index contributed by atoms with van der Waals surface area (Å²) >= 11 is 0. The third-order valence-corrected chi connectivity index (χ3v) is 3.14. The minimum Gasteiger partial charge on any atom is -0.466 e. The number of nitrogen functional groups attached to an aromatic ring is 1. The second kappa shape index (κ2) is 12.5. The number of carbonyl (C=O) groups excluding carboxylic acids is 2. The van der Waals surface area contributed by atoms with Gasteiger partial charge in [-0.2, -0.15) is 0 Å². The highest BCUT2D eigenvalue weighted by molar-refractivity contribution is 5.94. The van der Waals surface area contributed by atoms with E-state index in [2.05, 4.69) is 15.3 Å². The summed E-state index contributed by atoms with van der Waals surface area (Å²) in [6.07, 6.45) is 1.11. The maximum atomic E-state index is 11.8. The minimum absolute atomic E-state index is 0.111. The molecule has 2 aromatic rings. The summed E-state index contributed by atoms with van der Waals surface area (Å²) in [5, 5.41) is 2.75. The number of anilines is 2. The summed E-state index contributed by atoms with van der Waals surface area (Å²) in [6.45, 7) is 3.77. The van der Waals surface area contributed by atoms with Crippen molar-refractivity contribution in [3.63, 3.8) is 0 Å². The fourth-order valence-electron chi connectivity index (χ4n) is 1.94. The Morgan fingerprint density at radius 1 is 1.00 bits per heavy atom. The van der Waals surface area contributed by atoms with E-state index in [1.54, 1.807) is 38.1 Å². The van der Waals surface area contributed by atoms with Gasteiger partial charge in [-0.1, -0.05) is 12.1 Å². The van der Waals surface area contributed by atoms with E-state index in [0.29, 0.717) is 11.6 Å². The summed E-state index contributed by atoms with van der Waals surface area (Å²) in [5.74, 6) is -0.345. The van der Waals surface area contributed by atoms with Gasteiger partial charge in [-0.15, -0.1) is 0 Å². The summed E-state index contributed by atoms with van der Waals surface area (Å²) in [4.78, 5) is 49.7. The molecule has 0 aromatic carbocycles. The van der Waals surface area contributed by atoms with Crippen molar-refractivity contribution in [3.8, 4) is 0 Å². The molecule has 10 heteroatoms. The highest BCUT2D eigenvalue weighted by atomic mass is 16.5. The highest BCUT2D eigenvalue weighted by Gasteiger charge is 2.16. The van der Waals surface area contributed by atoms with Crippen LogP contribution < -0.4 is 22.2 Å². The van der Waals surface area contributed by atoms with E-state index in [-0.39, 0.29) is 36.3 Å². The van der Waals surface area contributed by atoms with Gasteiger partial charge >= 0.3 is 11.9 Å². The minimum atomic E-state index is -0.615. The van der Waals surface area contributed by atoms with Gasteiger partial charge in [0.05, 0.1) is 25.2 Å². The predicted octanol–water partition coefficient (Wildman–Crippen LogP) is 1.14. The molecule has 5 N–H and O–H groups in total. The number of carbonyl (C=O) groups is 2. The average molecular weight is 404 g/mol. The van der Waals surface area contributed by atoms with E-state index >= 15 is 0 Å². The molecule has 0 unspecified atom stereocenters.